The zero-order chi connectivity index (χ0) is 16.8. The highest BCUT2D eigenvalue weighted by molar-refractivity contribution is 7.12. The van der Waals surface area contributed by atoms with E-state index < -0.39 is 0 Å². The summed E-state index contributed by atoms with van der Waals surface area (Å²) in [6.07, 6.45) is 2.74. The molecule has 0 aliphatic rings. The summed E-state index contributed by atoms with van der Waals surface area (Å²) in [6, 6.07) is 9.27. The minimum Gasteiger partial charge on any atom is -0.356 e. The topological polar surface area (TPSA) is 88.4 Å². The van der Waals surface area contributed by atoms with Crippen molar-refractivity contribution in [1.82, 2.24) is 25.2 Å². The molecule has 0 aromatic carbocycles. The summed E-state index contributed by atoms with van der Waals surface area (Å²) in [7, 11) is 0. The maximum Gasteiger partial charge on any atom is 0.261 e. The van der Waals surface area contributed by atoms with Gasteiger partial charge in [-0.05, 0) is 23.6 Å². The molecule has 24 heavy (non-hydrogen) atoms. The van der Waals surface area contributed by atoms with Crippen LogP contribution in [0.15, 0.2) is 41.9 Å². The zero-order valence-corrected chi connectivity index (χ0v) is 13.8. The van der Waals surface area contributed by atoms with Crippen LogP contribution in [0.25, 0.3) is 5.65 Å². The third-order valence-corrected chi connectivity index (χ3v) is 4.31. The van der Waals surface area contributed by atoms with Gasteiger partial charge >= 0.3 is 0 Å². The van der Waals surface area contributed by atoms with Crippen LogP contribution in [0.3, 0.4) is 0 Å². The first-order chi connectivity index (χ1) is 11.7. The van der Waals surface area contributed by atoms with Crippen LogP contribution in [0, 0.1) is 0 Å². The fourth-order valence-electron chi connectivity index (χ4n) is 2.25. The van der Waals surface area contributed by atoms with E-state index in [1.165, 1.54) is 11.3 Å². The van der Waals surface area contributed by atoms with Gasteiger partial charge in [-0.25, -0.2) is 0 Å². The van der Waals surface area contributed by atoms with Crippen LogP contribution in [0.5, 0.6) is 0 Å². The summed E-state index contributed by atoms with van der Waals surface area (Å²) in [4.78, 5) is 24.2. The summed E-state index contributed by atoms with van der Waals surface area (Å²) in [5.74, 6) is 0.555. The predicted octanol–water partition coefficient (Wildman–Crippen LogP) is 1.27. The fourth-order valence-corrected chi connectivity index (χ4v) is 2.89. The Balaban J connectivity index is 1.37. The van der Waals surface area contributed by atoms with Crippen molar-refractivity contribution in [3.8, 4) is 0 Å². The van der Waals surface area contributed by atoms with Crippen LogP contribution < -0.4 is 10.6 Å². The van der Waals surface area contributed by atoms with Gasteiger partial charge in [-0.3, -0.25) is 14.0 Å². The average molecular weight is 343 g/mol. The zero-order valence-electron chi connectivity index (χ0n) is 12.9. The quantitative estimate of drug-likeness (QED) is 0.676. The Kier molecular flexibility index (Phi) is 5.17. The van der Waals surface area contributed by atoms with Crippen LogP contribution in [0.1, 0.15) is 21.9 Å². The van der Waals surface area contributed by atoms with E-state index in [4.69, 9.17) is 0 Å². The van der Waals surface area contributed by atoms with Crippen LogP contribution in [-0.2, 0) is 11.2 Å². The maximum absolute atomic E-state index is 11.8. The lowest BCUT2D eigenvalue weighted by molar-refractivity contribution is -0.120. The van der Waals surface area contributed by atoms with Crippen LogP contribution in [0.4, 0.5) is 0 Å². The van der Waals surface area contributed by atoms with Gasteiger partial charge in [-0.15, -0.1) is 21.5 Å². The molecule has 3 rings (SSSR count). The first kappa shape index (κ1) is 16.1. The van der Waals surface area contributed by atoms with Crippen molar-refractivity contribution in [3.05, 3.63) is 52.6 Å². The largest absolute Gasteiger partial charge is 0.356 e. The number of carbonyl (C=O) groups excluding carboxylic acids is 2. The Morgan fingerprint density at radius 1 is 1.08 bits per heavy atom. The molecule has 0 aliphatic heterocycles. The van der Waals surface area contributed by atoms with E-state index in [-0.39, 0.29) is 18.2 Å². The number of thiophene rings is 1. The van der Waals surface area contributed by atoms with Gasteiger partial charge in [0.15, 0.2) is 5.65 Å². The molecule has 2 N–H and O–H groups in total. The highest BCUT2D eigenvalue weighted by atomic mass is 32.1. The first-order valence-electron chi connectivity index (χ1n) is 7.61. The van der Waals surface area contributed by atoms with E-state index in [1.807, 2.05) is 40.2 Å². The van der Waals surface area contributed by atoms with E-state index in [0.29, 0.717) is 24.4 Å². The Bertz CT molecular complexity index is 828. The van der Waals surface area contributed by atoms with E-state index in [1.54, 1.807) is 6.07 Å². The molecule has 124 valence electrons. The molecule has 0 aliphatic carbocycles. The molecule has 0 unspecified atom stereocenters. The van der Waals surface area contributed by atoms with Crippen LogP contribution in [-0.4, -0.2) is 39.5 Å². The number of hydrogen-bond acceptors (Lipinski definition) is 5. The van der Waals surface area contributed by atoms with Crippen LogP contribution >= 0.6 is 11.3 Å². The summed E-state index contributed by atoms with van der Waals surface area (Å²) < 4.78 is 1.90. The second-order valence-electron chi connectivity index (χ2n) is 5.13. The van der Waals surface area contributed by atoms with Crippen molar-refractivity contribution >= 4 is 28.8 Å². The minimum atomic E-state index is -0.146. The highest BCUT2D eigenvalue weighted by Crippen LogP contribution is 2.07. The molecule has 0 spiro atoms. The lowest BCUT2D eigenvalue weighted by atomic mass is 10.3. The van der Waals surface area contributed by atoms with E-state index in [9.17, 15) is 9.59 Å². The van der Waals surface area contributed by atoms with Crippen molar-refractivity contribution in [1.29, 1.82) is 0 Å². The van der Waals surface area contributed by atoms with Gasteiger partial charge in [0.2, 0.25) is 5.91 Å². The lowest BCUT2D eigenvalue weighted by Crippen LogP contribution is -2.31. The molecular weight excluding hydrogens is 326 g/mol. The number of amides is 2. The number of aromatic nitrogens is 3. The third kappa shape index (κ3) is 3.96. The summed E-state index contributed by atoms with van der Waals surface area (Å²) >= 11 is 1.38. The first-order valence-corrected chi connectivity index (χ1v) is 8.49. The second-order valence-corrected chi connectivity index (χ2v) is 6.08. The molecule has 0 atom stereocenters. The van der Waals surface area contributed by atoms with Crippen LogP contribution in [0.2, 0.25) is 0 Å². The summed E-state index contributed by atoms with van der Waals surface area (Å²) in [5, 5.41) is 15.6. The molecule has 3 aromatic heterocycles. The van der Waals surface area contributed by atoms with E-state index >= 15 is 0 Å². The van der Waals surface area contributed by atoms with E-state index in [0.717, 1.165) is 11.5 Å². The monoisotopic (exact) mass is 343 g/mol. The highest BCUT2D eigenvalue weighted by Gasteiger charge is 2.08. The molecule has 8 heteroatoms. The molecule has 3 heterocycles. The third-order valence-electron chi connectivity index (χ3n) is 3.44. The summed E-state index contributed by atoms with van der Waals surface area (Å²) in [6.45, 7) is 0.795. The van der Waals surface area contributed by atoms with Crippen molar-refractivity contribution in [2.24, 2.45) is 0 Å². The normalized spacial score (nSPS) is 10.7. The van der Waals surface area contributed by atoms with Crippen molar-refractivity contribution in [2.75, 3.05) is 13.1 Å². The van der Waals surface area contributed by atoms with Gasteiger partial charge < -0.3 is 10.6 Å². The van der Waals surface area contributed by atoms with E-state index in [2.05, 4.69) is 20.8 Å². The number of hydrogen-bond donors (Lipinski definition) is 2. The number of nitrogens with zero attached hydrogens (tertiary/aromatic N) is 3. The Morgan fingerprint density at radius 3 is 2.83 bits per heavy atom. The molecular formula is C16H17N5O2S. The summed E-state index contributed by atoms with van der Waals surface area (Å²) in [5.41, 5.74) is 0.787. The molecule has 0 saturated heterocycles. The molecule has 0 saturated carbocycles. The van der Waals surface area contributed by atoms with Gasteiger partial charge in [0, 0.05) is 32.1 Å². The molecule has 2 amide bonds. The standard InChI is InChI=1S/C16H17N5O2S/c22-15(7-9-18-16(23)12-4-3-11-24-12)17-8-6-14-20-19-13-5-1-2-10-21(13)14/h1-5,10-11H,6-9H2,(H,17,22)(H,18,23). The number of rotatable bonds is 7. The van der Waals surface area contributed by atoms with Crippen molar-refractivity contribution in [3.63, 3.8) is 0 Å². The smallest absolute Gasteiger partial charge is 0.261 e. The SMILES string of the molecule is O=C(CCNC(=O)c1cccs1)NCCc1nnc2ccccn12. The van der Waals surface area contributed by atoms with Gasteiger partial charge in [-0.1, -0.05) is 12.1 Å². The number of carbonyl (C=O) groups is 2. The lowest BCUT2D eigenvalue weighted by Gasteiger charge is -2.05. The van der Waals surface area contributed by atoms with Gasteiger partial charge in [0.25, 0.3) is 5.91 Å². The molecule has 3 aromatic rings. The van der Waals surface area contributed by atoms with Crippen molar-refractivity contribution in [2.45, 2.75) is 12.8 Å². The molecule has 0 fully saturated rings. The predicted molar refractivity (Wildman–Crippen MR) is 91.0 cm³/mol. The van der Waals surface area contributed by atoms with Gasteiger partial charge in [-0.2, -0.15) is 0 Å². The van der Waals surface area contributed by atoms with Gasteiger partial charge in [0.05, 0.1) is 4.88 Å². The minimum absolute atomic E-state index is 0.102. The Hall–Kier alpha value is -2.74. The van der Waals surface area contributed by atoms with Gasteiger partial charge in [0.1, 0.15) is 5.82 Å². The molecule has 0 radical (unpaired) electrons. The second kappa shape index (κ2) is 7.69. The fraction of sp³-hybridized carbons (Fsp3) is 0.250. The maximum atomic E-state index is 11.8. The number of nitrogens with one attached hydrogen (secondary N) is 2. The Morgan fingerprint density at radius 2 is 2.00 bits per heavy atom. The number of fused-ring (bicyclic) bond motifs is 1. The Labute approximate surface area is 142 Å². The number of pyridine rings is 1. The van der Waals surface area contributed by atoms with Crippen molar-refractivity contribution < 1.29 is 9.59 Å². The molecule has 7 nitrogen and oxygen atoms in total. The molecule has 0 bridgehead atoms. The average Bonchev–Trinajstić information content (AvgIpc) is 3.25.